The van der Waals surface area contributed by atoms with Crippen LogP contribution in [0.2, 0.25) is 0 Å². The number of benzene rings is 2. The van der Waals surface area contributed by atoms with Crippen molar-refractivity contribution in [1.82, 2.24) is 14.5 Å². The van der Waals surface area contributed by atoms with Crippen molar-refractivity contribution in [2.45, 2.75) is 38.6 Å². The first-order chi connectivity index (χ1) is 14.8. The molecule has 1 saturated heterocycles. The van der Waals surface area contributed by atoms with Crippen LogP contribution in [0.25, 0.3) is 11.0 Å². The number of aromatic nitrogens is 2. The third-order valence-corrected chi connectivity index (χ3v) is 6.65. The number of piperazine rings is 1. The molecule has 0 atom stereocenters. The van der Waals surface area contributed by atoms with E-state index < -0.39 is 0 Å². The Morgan fingerprint density at radius 3 is 2.33 bits per heavy atom. The lowest BCUT2D eigenvalue weighted by atomic mass is 9.88. The highest BCUT2D eigenvalue weighted by Gasteiger charge is 2.29. The Balaban J connectivity index is 1.35. The van der Waals surface area contributed by atoms with Crippen molar-refractivity contribution >= 4 is 22.9 Å². The molecule has 3 aromatic rings. The summed E-state index contributed by atoms with van der Waals surface area (Å²) >= 11 is 0. The molecular formula is C25H30N4O. The molecule has 1 aromatic heterocycles. The maximum Gasteiger partial charge on any atom is 0.225 e. The number of imidazole rings is 1. The fourth-order valence-electron chi connectivity index (χ4n) is 4.96. The van der Waals surface area contributed by atoms with Crippen LogP contribution in [0.4, 0.5) is 5.95 Å². The molecule has 2 fully saturated rings. The van der Waals surface area contributed by atoms with Gasteiger partial charge in [-0.3, -0.25) is 4.79 Å². The third kappa shape index (κ3) is 3.81. The summed E-state index contributed by atoms with van der Waals surface area (Å²) in [6, 6.07) is 18.9. The van der Waals surface area contributed by atoms with Crippen molar-refractivity contribution in [3.63, 3.8) is 0 Å². The van der Waals surface area contributed by atoms with Crippen LogP contribution in [0.1, 0.15) is 37.7 Å². The molecule has 0 unspecified atom stereocenters. The molecule has 30 heavy (non-hydrogen) atoms. The number of carbonyl (C=O) groups excluding carboxylic acids is 1. The summed E-state index contributed by atoms with van der Waals surface area (Å²) < 4.78 is 2.32. The molecule has 1 aliphatic carbocycles. The molecule has 5 nitrogen and oxygen atoms in total. The van der Waals surface area contributed by atoms with E-state index in [0.717, 1.165) is 62.5 Å². The molecule has 1 amide bonds. The number of hydrogen-bond acceptors (Lipinski definition) is 3. The van der Waals surface area contributed by atoms with E-state index in [2.05, 4.69) is 62.9 Å². The van der Waals surface area contributed by atoms with Crippen LogP contribution in [-0.4, -0.2) is 46.5 Å². The van der Waals surface area contributed by atoms with Crippen LogP contribution in [0, 0.1) is 5.92 Å². The second-order valence-electron chi connectivity index (χ2n) is 8.62. The van der Waals surface area contributed by atoms with Gasteiger partial charge in [-0.15, -0.1) is 0 Å². The predicted molar refractivity (Wildman–Crippen MR) is 121 cm³/mol. The maximum atomic E-state index is 12.9. The van der Waals surface area contributed by atoms with Crippen molar-refractivity contribution in [3.8, 4) is 0 Å². The number of fused-ring (bicyclic) bond motifs is 1. The van der Waals surface area contributed by atoms with Gasteiger partial charge in [0.05, 0.1) is 17.6 Å². The molecule has 156 valence electrons. The Kier molecular flexibility index (Phi) is 5.43. The predicted octanol–water partition coefficient (Wildman–Crippen LogP) is 4.31. The van der Waals surface area contributed by atoms with E-state index in [1.807, 2.05) is 6.07 Å². The van der Waals surface area contributed by atoms with Gasteiger partial charge in [0.15, 0.2) is 0 Å². The lowest BCUT2D eigenvalue weighted by Crippen LogP contribution is -2.51. The van der Waals surface area contributed by atoms with E-state index in [0.29, 0.717) is 5.91 Å². The van der Waals surface area contributed by atoms with Crippen LogP contribution in [0.5, 0.6) is 0 Å². The first-order valence-corrected chi connectivity index (χ1v) is 11.3. The Morgan fingerprint density at radius 2 is 1.57 bits per heavy atom. The molecule has 2 aromatic carbocycles. The molecular weight excluding hydrogens is 372 g/mol. The van der Waals surface area contributed by atoms with E-state index >= 15 is 0 Å². The Morgan fingerprint density at radius 1 is 0.867 bits per heavy atom. The number of amides is 1. The molecule has 2 heterocycles. The van der Waals surface area contributed by atoms with Crippen LogP contribution in [0.3, 0.4) is 0 Å². The molecule has 0 radical (unpaired) electrons. The van der Waals surface area contributed by atoms with Gasteiger partial charge in [-0.05, 0) is 30.5 Å². The van der Waals surface area contributed by atoms with Gasteiger partial charge in [-0.2, -0.15) is 0 Å². The molecule has 1 aliphatic heterocycles. The highest BCUT2D eigenvalue weighted by molar-refractivity contribution is 5.80. The number of hydrogen-bond donors (Lipinski definition) is 0. The molecule has 0 N–H and O–H groups in total. The summed E-state index contributed by atoms with van der Waals surface area (Å²) in [4.78, 5) is 22.4. The average Bonchev–Trinajstić information content (AvgIpc) is 3.18. The highest BCUT2D eigenvalue weighted by Crippen LogP contribution is 2.28. The van der Waals surface area contributed by atoms with E-state index in [1.165, 1.54) is 24.8 Å². The molecule has 0 spiro atoms. The number of anilines is 1. The largest absolute Gasteiger partial charge is 0.339 e. The van der Waals surface area contributed by atoms with Gasteiger partial charge in [-0.25, -0.2) is 4.98 Å². The summed E-state index contributed by atoms with van der Waals surface area (Å²) in [5, 5.41) is 0. The SMILES string of the molecule is O=C(C1CCCCC1)N1CCN(c2nc3ccccc3n2Cc2ccccc2)CC1. The van der Waals surface area contributed by atoms with Gasteiger partial charge in [0.1, 0.15) is 0 Å². The Hall–Kier alpha value is -2.82. The fraction of sp³-hybridized carbons (Fsp3) is 0.440. The van der Waals surface area contributed by atoms with Crippen molar-refractivity contribution in [1.29, 1.82) is 0 Å². The number of nitrogens with zero attached hydrogens (tertiary/aromatic N) is 4. The minimum atomic E-state index is 0.257. The minimum Gasteiger partial charge on any atom is -0.339 e. The quantitative estimate of drug-likeness (QED) is 0.653. The van der Waals surface area contributed by atoms with Crippen LogP contribution >= 0.6 is 0 Å². The molecule has 1 saturated carbocycles. The first kappa shape index (κ1) is 19.2. The van der Waals surface area contributed by atoms with E-state index in [4.69, 9.17) is 4.98 Å². The topological polar surface area (TPSA) is 41.4 Å². The molecule has 5 rings (SSSR count). The first-order valence-electron chi connectivity index (χ1n) is 11.3. The van der Waals surface area contributed by atoms with Gasteiger partial charge < -0.3 is 14.4 Å². The van der Waals surface area contributed by atoms with Crippen LogP contribution in [0.15, 0.2) is 54.6 Å². The van der Waals surface area contributed by atoms with Crippen molar-refractivity contribution < 1.29 is 4.79 Å². The summed E-state index contributed by atoms with van der Waals surface area (Å²) in [5.41, 5.74) is 3.47. The van der Waals surface area contributed by atoms with Gasteiger partial charge >= 0.3 is 0 Å². The van der Waals surface area contributed by atoms with Crippen molar-refractivity contribution in [2.75, 3.05) is 31.1 Å². The maximum absolute atomic E-state index is 12.9. The smallest absolute Gasteiger partial charge is 0.225 e. The Bertz CT molecular complexity index is 998. The monoisotopic (exact) mass is 402 g/mol. The zero-order valence-electron chi connectivity index (χ0n) is 17.5. The number of para-hydroxylation sites is 2. The van der Waals surface area contributed by atoms with Crippen molar-refractivity contribution in [2.24, 2.45) is 5.92 Å². The van der Waals surface area contributed by atoms with E-state index in [1.54, 1.807) is 0 Å². The molecule has 2 aliphatic rings. The van der Waals surface area contributed by atoms with Gasteiger partial charge in [0.25, 0.3) is 0 Å². The Labute approximate surface area is 178 Å². The summed E-state index contributed by atoms with van der Waals surface area (Å²) in [7, 11) is 0. The van der Waals surface area contributed by atoms with Crippen LogP contribution < -0.4 is 4.90 Å². The van der Waals surface area contributed by atoms with Crippen molar-refractivity contribution in [3.05, 3.63) is 60.2 Å². The number of carbonyl (C=O) groups is 1. The standard InChI is InChI=1S/C25H30N4O/c30-24(21-11-5-2-6-12-21)27-15-17-28(18-16-27)25-26-22-13-7-8-14-23(22)29(25)19-20-9-3-1-4-10-20/h1,3-4,7-10,13-14,21H,2,5-6,11-12,15-19H2. The van der Waals surface area contributed by atoms with Gasteiger partial charge in [0.2, 0.25) is 11.9 Å². The van der Waals surface area contributed by atoms with E-state index in [9.17, 15) is 4.79 Å². The van der Waals surface area contributed by atoms with Gasteiger partial charge in [0, 0.05) is 32.1 Å². The second kappa shape index (κ2) is 8.50. The normalized spacial score (nSPS) is 18.1. The average molecular weight is 403 g/mol. The summed E-state index contributed by atoms with van der Waals surface area (Å²) in [5.74, 6) is 1.66. The molecule has 5 heteroatoms. The highest BCUT2D eigenvalue weighted by atomic mass is 16.2. The third-order valence-electron chi connectivity index (χ3n) is 6.65. The summed E-state index contributed by atoms with van der Waals surface area (Å²) in [6.45, 7) is 4.08. The van der Waals surface area contributed by atoms with Gasteiger partial charge in [-0.1, -0.05) is 61.7 Å². The lowest BCUT2D eigenvalue weighted by Gasteiger charge is -2.37. The van der Waals surface area contributed by atoms with E-state index in [-0.39, 0.29) is 5.92 Å². The molecule has 0 bridgehead atoms. The number of rotatable bonds is 4. The minimum absolute atomic E-state index is 0.257. The summed E-state index contributed by atoms with van der Waals surface area (Å²) in [6.07, 6.45) is 5.85. The zero-order chi connectivity index (χ0) is 20.3. The zero-order valence-corrected chi connectivity index (χ0v) is 17.5. The lowest BCUT2D eigenvalue weighted by molar-refractivity contribution is -0.136. The van der Waals surface area contributed by atoms with Crippen LogP contribution in [-0.2, 0) is 11.3 Å². The second-order valence-corrected chi connectivity index (χ2v) is 8.62. The fourth-order valence-corrected chi connectivity index (χ4v) is 4.96.